The average molecular weight is 368 g/mol. The lowest BCUT2D eigenvalue weighted by Crippen LogP contribution is -2.30. The highest BCUT2D eigenvalue weighted by Crippen LogP contribution is 2.18. The molecule has 0 aliphatic heterocycles. The second-order valence-electron chi connectivity index (χ2n) is 5.71. The zero-order valence-electron chi connectivity index (χ0n) is 13.7. The van der Waals surface area contributed by atoms with Gasteiger partial charge in [-0.1, -0.05) is 25.1 Å². The Labute approximate surface area is 145 Å². The van der Waals surface area contributed by atoms with Crippen LogP contribution < -0.4 is 10.0 Å². The fourth-order valence-electron chi connectivity index (χ4n) is 2.16. The normalized spacial score (nSPS) is 12.5. The molecule has 0 saturated heterocycles. The van der Waals surface area contributed by atoms with Crippen molar-refractivity contribution in [2.45, 2.75) is 13.8 Å². The van der Waals surface area contributed by atoms with Crippen LogP contribution >= 0.6 is 0 Å². The van der Waals surface area contributed by atoms with E-state index < -0.39 is 39.2 Å². The topological polar surface area (TPSA) is 75.3 Å². The number of nitrogens with one attached hydrogen (secondary N) is 2. The number of hydrogen-bond acceptors (Lipinski definition) is 3. The quantitative estimate of drug-likeness (QED) is 0.822. The Balaban J connectivity index is 2.04. The lowest BCUT2D eigenvalue weighted by atomic mass is 10.1. The summed E-state index contributed by atoms with van der Waals surface area (Å²) in [6.07, 6.45) is 0. The molecule has 1 unspecified atom stereocenters. The predicted molar refractivity (Wildman–Crippen MR) is 92.7 cm³/mol. The minimum absolute atomic E-state index is 0.368. The first-order valence-corrected chi connectivity index (χ1v) is 9.15. The number of sulfonamides is 1. The molecule has 134 valence electrons. The van der Waals surface area contributed by atoms with Crippen LogP contribution in [0.4, 0.5) is 20.2 Å². The molecule has 1 atom stereocenters. The molecule has 0 heterocycles. The molecule has 0 aromatic heterocycles. The largest absolute Gasteiger partial charge is 0.326 e. The van der Waals surface area contributed by atoms with E-state index in [-0.39, 0.29) is 5.69 Å². The molecule has 5 nitrogen and oxygen atoms in total. The van der Waals surface area contributed by atoms with Gasteiger partial charge in [-0.2, -0.15) is 0 Å². The first kappa shape index (κ1) is 18.9. The number of amides is 1. The van der Waals surface area contributed by atoms with Crippen LogP contribution in [0.3, 0.4) is 0 Å². The van der Waals surface area contributed by atoms with Crippen LogP contribution in [-0.4, -0.2) is 20.1 Å². The summed E-state index contributed by atoms with van der Waals surface area (Å²) in [5.74, 6) is -3.73. The Morgan fingerprint density at radius 2 is 1.80 bits per heavy atom. The molecule has 0 aliphatic carbocycles. The molecule has 1 amide bonds. The number of hydrogen-bond donors (Lipinski definition) is 2. The number of para-hydroxylation sites is 1. The second-order valence-corrected chi connectivity index (χ2v) is 7.48. The van der Waals surface area contributed by atoms with Gasteiger partial charge in [0.1, 0.15) is 11.6 Å². The molecule has 2 aromatic rings. The highest BCUT2D eigenvalue weighted by atomic mass is 32.2. The average Bonchev–Trinajstić information content (AvgIpc) is 2.51. The molecule has 25 heavy (non-hydrogen) atoms. The van der Waals surface area contributed by atoms with Gasteiger partial charge in [0.25, 0.3) is 0 Å². The summed E-state index contributed by atoms with van der Waals surface area (Å²) in [5.41, 5.74) is 1.07. The van der Waals surface area contributed by atoms with Crippen molar-refractivity contribution in [2.24, 2.45) is 5.92 Å². The van der Waals surface area contributed by atoms with Crippen molar-refractivity contribution in [2.75, 3.05) is 15.8 Å². The first-order valence-electron chi connectivity index (χ1n) is 7.50. The van der Waals surface area contributed by atoms with Crippen molar-refractivity contribution in [3.8, 4) is 0 Å². The fourth-order valence-corrected chi connectivity index (χ4v) is 3.55. The van der Waals surface area contributed by atoms with E-state index in [0.29, 0.717) is 11.8 Å². The molecule has 2 N–H and O–H groups in total. The fraction of sp³-hybridized carbons (Fsp3) is 0.235. The highest BCUT2D eigenvalue weighted by Gasteiger charge is 2.23. The number of anilines is 2. The van der Waals surface area contributed by atoms with Gasteiger partial charge in [0.2, 0.25) is 15.9 Å². The van der Waals surface area contributed by atoms with E-state index in [4.69, 9.17) is 0 Å². The summed E-state index contributed by atoms with van der Waals surface area (Å²) in [6.45, 7) is 3.27. The zero-order valence-corrected chi connectivity index (χ0v) is 14.5. The Hall–Kier alpha value is -2.48. The van der Waals surface area contributed by atoms with E-state index in [1.807, 2.05) is 23.8 Å². The molecule has 2 rings (SSSR count). The third-order valence-corrected chi connectivity index (χ3v) is 4.99. The number of rotatable bonds is 6. The van der Waals surface area contributed by atoms with Crippen molar-refractivity contribution >= 4 is 27.3 Å². The number of halogens is 2. The first-order chi connectivity index (χ1) is 11.7. The molecular weight excluding hydrogens is 350 g/mol. The van der Waals surface area contributed by atoms with Crippen molar-refractivity contribution in [1.29, 1.82) is 0 Å². The van der Waals surface area contributed by atoms with Crippen molar-refractivity contribution in [3.63, 3.8) is 0 Å². The van der Waals surface area contributed by atoms with Crippen LogP contribution in [0, 0.1) is 24.5 Å². The van der Waals surface area contributed by atoms with Gasteiger partial charge in [-0.25, -0.2) is 17.2 Å². The SMILES string of the molecule is Cc1ccccc1NC(=O)C(C)CS(=O)(=O)Nc1ccc(F)cc1F. The smallest absolute Gasteiger partial charge is 0.233 e. The van der Waals surface area contributed by atoms with Crippen molar-refractivity contribution in [1.82, 2.24) is 0 Å². The van der Waals surface area contributed by atoms with Crippen LogP contribution in [0.1, 0.15) is 12.5 Å². The maximum Gasteiger partial charge on any atom is 0.233 e. The highest BCUT2D eigenvalue weighted by molar-refractivity contribution is 7.92. The Kier molecular flexibility index (Phi) is 5.73. The second kappa shape index (κ2) is 7.60. The Bertz CT molecular complexity index is 885. The number of aryl methyl sites for hydroxylation is 1. The predicted octanol–water partition coefficient (Wildman–Crippen LogP) is 3.29. The summed E-state index contributed by atoms with van der Waals surface area (Å²) in [4.78, 5) is 12.2. The maximum atomic E-state index is 13.6. The third-order valence-electron chi connectivity index (χ3n) is 3.52. The molecule has 0 spiro atoms. The van der Waals surface area contributed by atoms with E-state index in [0.717, 1.165) is 17.7 Å². The lowest BCUT2D eigenvalue weighted by Gasteiger charge is -2.15. The van der Waals surface area contributed by atoms with E-state index in [9.17, 15) is 22.0 Å². The summed E-state index contributed by atoms with van der Waals surface area (Å²) in [7, 11) is -3.99. The van der Waals surface area contributed by atoms with Crippen LogP contribution in [0.15, 0.2) is 42.5 Å². The number of carbonyl (C=O) groups is 1. The summed E-state index contributed by atoms with van der Waals surface area (Å²) < 4.78 is 52.7. The van der Waals surface area contributed by atoms with Gasteiger partial charge < -0.3 is 5.32 Å². The number of benzene rings is 2. The molecule has 0 fully saturated rings. The molecule has 8 heteroatoms. The van der Waals surface area contributed by atoms with Gasteiger partial charge in [-0.15, -0.1) is 0 Å². The summed E-state index contributed by atoms with van der Waals surface area (Å²) >= 11 is 0. The minimum Gasteiger partial charge on any atom is -0.326 e. The molecule has 0 aliphatic rings. The number of carbonyl (C=O) groups excluding carboxylic acids is 1. The maximum absolute atomic E-state index is 13.6. The van der Waals surface area contributed by atoms with Gasteiger partial charge >= 0.3 is 0 Å². The zero-order chi connectivity index (χ0) is 18.6. The molecular formula is C17H18F2N2O3S. The van der Waals surface area contributed by atoms with Gasteiger partial charge in [-0.3, -0.25) is 9.52 Å². The van der Waals surface area contributed by atoms with Gasteiger partial charge in [0, 0.05) is 11.8 Å². The molecule has 0 radical (unpaired) electrons. The van der Waals surface area contributed by atoms with Gasteiger partial charge in [-0.05, 0) is 30.7 Å². The molecule has 0 bridgehead atoms. The summed E-state index contributed by atoms with van der Waals surface area (Å²) in [6, 6.07) is 9.60. The molecule has 0 saturated carbocycles. The van der Waals surface area contributed by atoms with Gasteiger partial charge in [0.05, 0.1) is 17.4 Å². The van der Waals surface area contributed by atoms with Crippen LogP contribution in [0.5, 0.6) is 0 Å². The lowest BCUT2D eigenvalue weighted by molar-refractivity contribution is -0.118. The minimum atomic E-state index is -3.99. The summed E-state index contributed by atoms with van der Waals surface area (Å²) in [5, 5.41) is 2.66. The van der Waals surface area contributed by atoms with Crippen LogP contribution in [-0.2, 0) is 14.8 Å². The molecule has 2 aromatic carbocycles. The van der Waals surface area contributed by atoms with E-state index in [1.54, 1.807) is 12.1 Å². The standard InChI is InChI=1S/C17H18F2N2O3S/c1-11-5-3-4-6-15(11)20-17(22)12(2)10-25(23,24)21-16-8-7-13(18)9-14(16)19/h3-9,12,21H,10H2,1-2H3,(H,20,22). The van der Waals surface area contributed by atoms with Crippen molar-refractivity contribution in [3.05, 3.63) is 59.7 Å². The van der Waals surface area contributed by atoms with Crippen LogP contribution in [0.2, 0.25) is 0 Å². The van der Waals surface area contributed by atoms with Crippen molar-refractivity contribution < 1.29 is 22.0 Å². The third kappa shape index (κ3) is 5.25. The monoisotopic (exact) mass is 368 g/mol. The Morgan fingerprint density at radius 3 is 2.44 bits per heavy atom. The Morgan fingerprint density at radius 1 is 1.12 bits per heavy atom. The van der Waals surface area contributed by atoms with E-state index in [2.05, 4.69) is 5.32 Å². The van der Waals surface area contributed by atoms with Gasteiger partial charge in [0.15, 0.2) is 0 Å². The van der Waals surface area contributed by atoms with E-state index >= 15 is 0 Å². The van der Waals surface area contributed by atoms with E-state index in [1.165, 1.54) is 6.92 Å². The van der Waals surface area contributed by atoms with Crippen LogP contribution in [0.25, 0.3) is 0 Å².